The van der Waals surface area contributed by atoms with Crippen LogP contribution in [0.3, 0.4) is 0 Å². The first kappa shape index (κ1) is 22.9. The number of rotatable bonds is 6. The van der Waals surface area contributed by atoms with Crippen LogP contribution in [0.2, 0.25) is 5.02 Å². The number of nitrogens with zero attached hydrogens (tertiary/aromatic N) is 2. The van der Waals surface area contributed by atoms with Crippen molar-refractivity contribution in [1.82, 2.24) is 10.2 Å². The van der Waals surface area contributed by atoms with Crippen molar-refractivity contribution in [2.24, 2.45) is 0 Å². The lowest BCUT2D eigenvalue weighted by molar-refractivity contribution is -0.386. The smallest absolute Gasteiger partial charge is 0.278 e. The van der Waals surface area contributed by atoms with Crippen LogP contribution < -0.4 is 5.32 Å². The van der Waals surface area contributed by atoms with Gasteiger partial charge >= 0.3 is 0 Å². The normalized spacial score (nSPS) is 15.7. The molecule has 6 nitrogen and oxygen atoms in total. The van der Waals surface area contributed by atoms with Crippen molar-refractivity contribution < 1.29 is 10.0 Å². The molecule has 2 rings (SSSR count). The molecule has 1 aromatic rings. The number of allylic oxidation sites excluding steroid dienone is 1. The highest BCUT2D eigenvalue weighted by Crippen LogP contribution is 2.42. The number of hydrogen-bond donors (Lipinski definition) is 2. The zero-order valence-electron chi connectivity index (χ0n) is 13.1. The van der Waals surface area contributed by atoms with Gasteiger partial charge in [0.15, 0.2) is 0 Å². The van der Waals surface area contributed by atoms with E-state index in [0.717, 1.165) is 26.2 Å². The van der Waals surface area contributed by atoms with Crippen molar-refractivity contribution in [1.29, 1.82) is 0 Å². The molecule has 0 aliphatic carbocycles. The van der Waals surface area contributed by atoms with Crippen LogP contribution in [0.1, 0.15) is 24.4 Å². The summed E-state index contributed by atoms with van der Waals surface area (Å²) in [5, 5.41) is 25.1. The van der Waals surface area contributed by atoms with Crippen molar-refractivity contribution in [2.75, 3.05) is 26.2 Å². The summed E-state index contributed by atoms with van der Waals surface area (Å²) >= 11 is 5.98. The van der Waals surface area contributed by atoms with Crippen molar-refractivity contribution in [3.63, 3.8) is 0 Å². The number of nitrogens with one attached hydrogen (secondary N) is 1. The van der Waals surface area contributed by atoms with E-state index < -0.39 is 4.92 Å². The molecule has 0 aromatic heterocycles. The maximum absolute atomic E-state index is 11.3. The number of benzene rings is 1. The van der Waals surface area contributed by atoms with Crippen molar-refractivity contribution in [2.45, 2.75) is 18.9 Å². The predicted molar refractivity (Wildman–Crippen MR) is 101 cm³/mol. The van der Waals surface area contributed by atoms with Crippen LogP contribution in [0, 0.1) is 10.1 Å². The first-order valence-corrected chi connectivity index (χ1v) is 7.65. The second-order valence-electron chi connectivity index (χ2n) is 5.25. The fourth-order valence-corrected chi connectivity index (χ4v) is 3.00. The van der Waals surface area contributed by atoms with E-state index in [-0.39, 0.29) is 47.3 Å². The van der Waals surface area contributed by atoms with Crippen LogP contribution in [0.15, 0.2) is 24.8 Å². The van der Waals surface area contributed by atoms with Gasteiger partial charge in [-0.2, -0.15) is 0 Å². The van der Waals surface area contributed by atoms with Crippen molar-refractivity contribution >= 4 is 42.1 Å². The molecule has 1 saturated heterocycles. The highest BCUT2D eigenvalue weighted by atomic mass is 35.5. The zero-order valence-corrected chi connectivity index (χ0v) is 15.5. The van der Waals surface area contributed by atoms with Crippen molar-refractivity contribution in [3.05, 3.63) is 45.5 Å². The minimum absolute atomic E-state index is 0. The molecular weight excluding hydrogens is 377 g/mol. The summed E-state index contributed by atoms with van der Waals surface area (Å²) < 4.78 is 0. The number of hydrogen-bond acceptors (Lipinski definition) is 5. The van der Waals surface area contributed by atoms with Crippen LogP contribution in [0.25, 0.3) is 0 Å². The van der Waals surface area contributed by atoms with Crippen molar-refractivity contribution in [3.8, 4) is 5.75 Å². The monoisotopic (exact) mass is 397 g/mol. The SMILES string of the molecule is C=CCC[C@H](c1c([N+](=O)[O-])ccc(Cl)c1O)N1CCNCC1.Cl.Cl. The number of aromatic hydroxyl groups is 1. The highest BCUT2D eigenvalue weighted by Gasteiger charge is 2.31. The Kier molecular flexibility index (Phi) is 10.3. The number of halogens is 3. The molecule has 0 radical (unpaired) electrons. The third-order valence-electron chi connectivity index (χ3n) is 3.91. The van der Waals surface area contributed by atoms with Gasteiger partial charge in [-0.05, 0) is 18.9 Å². The number of nitro benzene ring substituents is 1. The summed E-state index contributed by atoms with van der Waals surface area (Å²) in [6.07, 6.45) is 3.14. The van der Waals surface area contributed by atoms with Gasteiger partial charge in [-0.15, -0.1) is 31.4 Å². The lowest BCUT2D eigenvalue weighted by atomic mass is 9.96. The molecule has 1 aliphatic rings. The third-order valence-corrected chi connectivity index (χ3v) is 4.22. The standard InChI is InChI=1S/C15H20ClN3O3.2ClH/c1-2-3-4-12(18-9-7-17-8-10-18)14-13(19(21)22)6-5-11(16)15(14)20;;/h2,5-6,12,17,20H,1,3-4,7-10H2;2*1H/t12-;;/m1../s1. The second kappa shape index (κ2) is 10.7. The Morgan fingerprint density at radius 2 is 2.04 bits per heavy atom. The molecule has 0 spiro atoms. The van der Waals surface area contributed by atoms with E-state index >= 15 is 0 Å². The van der Waals surface area contributed by atoms with E-state index in [4.69, 9.17) is 11.6 Å². The molecule has 1 aliphatic heterocycles. The quantitative estimate of drug-likeness (QED) is 0.434. The molecule has 9 heteroatoms. The van der Waals surface area contributed by atoms with Gasteiger partial charge < -0.3 is 10.4 Å². The first-order chi connectivity index (χ1) is 10.6. The average molecular weight is 399 g/mol. The maximum Gasteiger partial charge on any atom is 0.278 e. The van der Waals surface area contributed by atoms with Crippen LogP contribution in [-0.4, -0.2) is 41.1 Å². The second-order valence-corrected chi connectivity index (χ2v) is 5.66. The maximum atomic E-state index is 11.3. The van der Waals surface area contributed by atoms with Crippen LogP contribution in [-0.2, 0) is 0 Å². The Balaban J connectivity index is 0.00000264. The number of nitro groups is 1. The van der Waals surface area contributed by atoms with Gasteiger partial charge in [0.25, 0.3) is 5.69 Å². The molecule has 2 N–H and O–H groups in total. The predicted octanol–water partition coefficient (Wildman–Crippen LogP) is 3.71. The lowest BCUT2D eigenvalue weighted by Crippen LogP contribution is -2.45. The van der Waals surface area contributed by atoms with E-state index in [9.17, 15) is 15.2 Å². The van der Waals surface area contributed by atoms with Gasteiger partial charge in [0.1, 0.15) is 5.75 Å². The van der Waals surface area contributed by atoms with E-state index in [0.29, 0.717) is 18.4 Å². The minimum Gasteiger partial charge on any atom is -0.506 e. The summed E-state index contributed by atoms with van der Waals surface area (Å²) in [4.78, 5) is 13.0. The van der Waals surface area contributed by atoms with Crippen LogP contribution in [0.5, 0.6) is 5.75 Å². The third kappa shape index (κ3) is 5.22. The molecule has 1 fully saturated rings. The molecule has 1 heterocycles. The number of phenolic OH excluding ortho intramolecular Hbond substituents is 1. The summed E-state index contributed by atoms with van der Waals surface area (Å²) in [6.45, 7) is 6.89. The molecule has 136 valence electrons. The van der Waals surface area contributed by atoms with E-state index in [1.807, 2.05) is 0 Å². The van der Waals surface area contributed by atoms with Crippen LogP contribution >= 0.6 is 36.4 Å². The Morgan fingerprint density at radius 1 is 1.42 bits per heavy atom. The van der Waals surface area contributed by atoms with Crippen LogP contribution in [0.4, 0.5) is 5.69 Å². The summed E-state index contributed by atoms with van der Waals surface area (Å²) in [6, 6.07) is 2.47. The largest absolute Gasteiger partial charge is 0.506 e. The van der Waals surface area contributed by atoms with Gasteiger partial charge in [-0.3, -0.25) is 15.0 Å². The number of piperazine rings is 1. The molecular formula is C15H22Cl3N3O3. The molecule has 1 atom stereocenters. The fraction of sp³-hybridized carbons (Fsp3) is 0.467. The minimum atomic E-state index is -0.464. The Labute approximate surface area is 158 Å². The van der Waals surface area contributed by atoms with Gasteiger partial charge in [0.2, 0.25) is 0 Å². The van der Waals surface area contributed by atoms with Gasteiger partial charge in [-0.25, -0.2) is 0 Å². The topological polar surface area (TPSA) is 78.6 Å². The molecule has 0 unspecified atom stereocenters. The Morgan fingerprint density at radius 3 is 2.58 bits per heavy atom. The Bertz CT molecular complexity index is 566. The summed E-state index contributed by atoms with van der Waals surface area (Å²) in [5.74, 6) is -0.191. The van der Waals surface area contributed by atoms with E-state index in [1.165, 1.54) is 12.1 Å². The molecule has 1 aromatic carbocycles. The molecule has 24 heavy (non-hydrogen) atoms. The van der Waals surface area contributed by atoms with Gasteiger partial charge in [0.05, 0.1) is 15.5 Å². The Hall–Kier alpha value is -1.05. The molecule has 0 bridgehead atoms. The van der Waals surface area contributed by atoms with E-state index in [2.05, 4.69) is 16.8 Å². The first-order valence-electron chi connectivity index (χ1n) is 7.27. The lowest BCUT2D eigenvalue weighted by Gasteiger charge is -2.35. The van der Waals surface area contributed by atoms with E-state index in [1.54, 1.807) is 6.08 Å². The molecule has 0 saturated carbocycles. The fourth-order valence-electron chi connectivity index (χ4n) is 2.84. The highest BCUT2D eigenvalue weighted by molar-refractivity contribution is 6.32. The van der Waals surface area contributed by atoms with Gasteiger partial charge in [-0.1, -0.05) is 17.7 Å². The zero-order chi connectivity index (χ0) is 16.1. The number of phenols is 1. The molecule has 0 amide bonds. The summed E-state index contributed by atoms with van der Waals surface area (Å²) in [5.41, 5.74) is 0.218. The average Bonchev–Trinajstić information content (AvgIpc) is 2.52. The van der Waals surface area contributed by atoms with Gasteiger partial charge in [0, 0.05) is 38.3 Å². The summed E-state index contributed by atoms with van der Waals surface area (Å²) in [7, 11) is 0.